The first kappa shape index (κ1) is 21.8. The van der Waals surface area contributed by atoms with E-state index < -0.39 is 18.1 Å². The van der Waals surface area contributed by atoms with Gasteiger partial charge in [0, 0.05) is 27.7 Å². The topological polar surface area (TPSA) is 92.7 Å². The molecule has 1 amide bonds. The molecule has 0 saturated carbocycles. The van der Waals surface area contributed by atoms with Crippen LogP contribution < -0.4 is 5.32 Å². The number of alkyl carbamates (subject to hydrolysis) is 1. The smallest absolute Gasteiger partial charge is 0.407 e. The number of nitrogens with one attached hydrogen (secondary N) is 1. The number of ether oxygens (including phenoxy) is 1. The van der Waals surface area contributed by atoms with E-state index in [0.29, 0.717) is 5.56 Å². The summed E-state index contributed by atoms with van der Waals surface area (Å²) in [5, 5.41) is 11.8. The minimum atomic E-state index is -1.36. The maximum absolute atomic E-state index is 12.6. The second kappa shape index (κ2) is 8.96. The lowest BCUT2D eigenvalue weighted by atomic mass is 9.98. The maximum Gasteiger partial charge on any atom is 0.407 e. The second-order valence-electron chi connectivity index (χ2n) is 7.81. The molecule has 1 atom stereocenters. The van der Waals surface area contributed by atoms with Crippen LogP contribution in [0.3, 0.4) is 0 Å². The summed E-state index contributed by atoms with van der Waals surface area (Å²) in [4.78, 5) is 38.5. The number of aryl methyl sites for hydroxylation is 2. The fraction of sp³-hybridized carbons (Fsp3) is 0.240. The summed E-state index contributed by atoms with van der Waals surface area (Å²) in [6.07, 6.45) is -1.19. The van der Waals surface area contributed by atoms with E-state index in [-0.39, 0.29) is 24.7 Å². The molecule has 164 valence electrons. The van der Waals surface area contributed by atoms with E-state index in [1.54, 1.807) is 6.07 Å². The van der Waals surface area contributed by atoms with Gasteiger partial charge in [-0.05, 0) is 42.2 Å². The summed E-state index contributed by atoms with van der Waals surface area (Å²) in [5.74, 6) is -1.73. The van der Waals surface area contributed by atoms with Gasteiger partial charge in [0.05, 0.1) is 0 Å². The monoisotopic (exact) mass is 449 g/mol. The van der Waals surface area contributed by atoms with Crippen LogP contribution in [0.2, 0.25) is 0 Å². The molecule has 0 aliphatic heterocycles. The molecule has 0 fully saturated rings. The van der Waals surface area contributed by atoms with Crippen molar-refractivity contribution >= 4 is 29.2 Å². The van der Waals surface area contributed by atoms with Crippen molar-refractivity contribution in [1.29, 1.82) is 0 Å². The van der Waals surface area contributed by atoms with Crippen molar-refractivity contribution in [3.63, 3.8) is 0 Å². The number of carboxylic acids is 1. The molecule has 0 radical (unpaired) electrons. The van der Waals surface area contributed by atoms with Gasteiger partial charge in [-0.3, -0.25) is 4.79 Å². The lowest BCUT2D eigenvalue weighted by Crippen LogP contribution is -2.42. The van der Waals surface area contributed by atoms with Crippen molar-refractivity contribution in [2.24, 2.45) is 0 Å². The van der Waals surface area contributed by atoms with E-state index in [4.69, 9.17) is 4.74 Å². The first-order valence-corrected chi connectivity index (χ1v) is 11.1. The van der Waals surface area contributed by atoms with E-state index in [0.717, 1.165) is 32.0 Å². The van der Waals surface area contributed by atoms with Crippen molar-refractivity contribution in [3.05, 3.63) is 81.0 Å². The number of rotatable bonds is 7. The van der Waals surface area contributed by atoms with Crippen LogP contribution in [0, 0.1) is 13.8 Å². The summed E-state index contributed by atoms with van der Waals surface area (Å²) in [5.41, 5.74) is 4.83. The molecular weight excluding hydrogens is 426 g/mol. The fourth-order valence-corrected chi connectivity index (χ4v) is 5.13. The van der Waals surface area contributed by atoms with Gasteiger partial charge in [0.1, 0.15) is 12.6 Å². The number of hydrogen-bond acceptors (Lipinski definition) is 5. The zero-order valence-electron chi connectivity index (χ0n) is 17.8. The first-order valence-electron chi connectivity index (χ1n) is 10.3. The Hall–Kier alpha value is -3.45. The molecule has 0 saturated heterocycles. The summed E-state index contributed by atoms with van der Waals surface area (Å²) in [6, 6.07) is 16.3. The predicted octanol–water partition coefficient (Wildman–Crippen LogP) is 4.93. The summed E-state index contributed by atoms with van der Waals surface area (Å²) in [6.45, 7) is 3.78. The van der Waals surface area contributed by atoms with Crippen molar-refractivity contribution in [2.75, 3.05) is 6.61 Å². The number of thiophene rings is 1. The van der Waals surface area contributed by atoms with E-state index in [1.807, 2.05) is 62.4 Å². The van der Waals surface area contributed by atoms with Crippen molar-refractivity contribution < 1.29 is 24.2 Å². The number of ketones is 1. The quantitative estimate of drug-likeness (QED) is 0.499. The number of hydrogen-bond donors (Lipinski definition) is 2. The highest BCUT2D eigenvalue weighted by molar-refractivity contribution is 7.12. The van der Waals surface area contributed by atoms with Gasteiger partial charge < -0.3 is 15.2 Å². The summed E-state index contributed by atoms with van der Waals surface area (Å²) >= 11 is 1.48. The number of Topliss-reactive ketones (excluding diaryl/α,β-unsaturated/α-hetero) is 1. The number of amides is 1. The molecule has 2 N–H and O–H groups in total. The molecule has 1 unspecified atom stereocenters. The fourth-order valence-electron chi connectivity index (χ4n) is 4.19. The average Bonchev–Trinajstić information content (AvgIpc) is 3.28. The van der Waals surface area contributed by atoms with Crippen molar-refractivity contribution in [2.45, 2.75) is 32.2 Å². The molecule has 0 bridgehead atoms. The SMILES string of the molecule is Cc1cc(C(=O)CC(NC(=O)OCC2c3ccccc3-c3ccccc32)C(=O)O)c(C)s1. The normalized spacial score (nSPS) is 13.2. The first-order chi connectivity index (χ1) is 15.3. The molecule has 6 nitrogen and oxygen atoms in total. The highest BCUT2D eigenvalue weighted by Crippen LogP contribution is 2.44. The average molecular weight is 450 g/mol. The van der Waals surface area contributed by atoms with Gasteiger partial charge in [0.2, 0.25) is 0 Å². The third-order valence-electron chi connectivity index (χ3n) is 5.66. The Balaban J connectivity index is 1.42. The van der Waals surface area contributed by atoms with Gasteiger partial charge in [-0.2, -0.15) is 0 Å². The third-order valence-corrected chi connectivity index (χ3v) is 6.63. The van der Waals surface area contributed by atoms with Gasteiger partial charge in [0.15, 0.2) is 5.78 Å². The lowest BCUT2D eigenvalue weighted by molar-refractivity contribution is -0.139. The molecule has 1 aromatic heterocycles. The molecule has 1 aliphatic carbocycles. The van der Waals surface area contributed by atoms with Gasteiger partial charge in [0.25, 0.3) is 0 Å². The van der Waals surface area contributed by atoms with Gasteiger partial charge >= 0.3 is 12.1 Å². The van der Waals surface area contributed by atoms with Crippen molar-refractivity contribution in [3.8, 4) is 11.1 Å². The highest BCUT2D eigenvalue weighted by atomic mass is 32.1. The predicted molar refractivity (Wildman–Crippen MR) is 122 cm³/mol. The highest BCUT2D eigenvalue weighted by Gasteiger charge is 2.30. The largest absolute Gasteiger partial charge is 0.480 e. The van der Waals surface area contributed by atoms with Gasteiger partial charge in [-0.1, -0.05) is 48.5 Å². The van der Waals surface area contributed by atoms with Crippen LogP contribution in [0.15, 0.2) is 54.6 Å². The minimum Gasteiger partial charge on any atom is -0.480 e. The Morgan fingerprint density at radius 3 is 2.16 bits per heavy atom. The number of fused-ring (bicyclic) bond motifs is 3. The zero-order chi connectivity index (χ0) is 22.8. The molecule has 1 heterocycles. The molecule has 0 spiro atoms. The van der Waals surface area contributed by atoms with Gasteiger partial charge in [-0.15, -0.1) is 11.3 Å². The number of carboxylic acid groups (broad SMARTS) is 1. The number of aliphatic carboxylic acids is 1. The van der Waals surface area contributed by atoms with Crippen molar-refractivity contribution in [1.82, 2.24) is 5.32 Å². The Labute approximate surface area is 189 Å². The van der Waals surface area contributed by atoms with Crippen LogP contribution >= 0.6 is 11.3 Å². The van der Waals surface area contributed by atoms with E-state index in [1.165, 1.54) is 11.3 Å². The zero-order valence-corrected chi connectivity index (χ0v) is 18.6. The van der Waals surface area contributed by atoms with Crippen LogP contribution in [0.5, 0.6) is 0 Å². The minimum absolute atomic E-state index is 0.0724. The Bertz CT molecular complexity index is 1150. The molecule has 3 aromatic rings. The van der Waals surface area contributed by atoms with E-state index in [2.05, 4.69) is 5.32 Å². The molecule has 1 aliphatic rings. The number of carbonyl (C=O) groups excluding carboxylic acids is 2. The Kier molecular flexibility index (Phi) is 6.10. The van der Waals surface area contributed by atoms with Crippen LogP contribution in [0.25, 0.3) is 11.1 Å². The number of carbonyl (C=O) groups is 3. The standard InChI is InChI=1S/C25H23NO5S/c1-14-11-20(15(2)32-14)23(27)12-22(24(28)29)26-25(30)31-13-21-18-9-5-3-7-16(18)17-8-4-6-10-19(17)21/h3-11,21-22H,12-13H2,1-2H3,(H,26,30)(H,28,29). The Morgan fingerprint density at radius 1 is 1.03 bits per heavy atom. The molecule has 2 aromatic carbocycles. The lowest BCUT2D eigenvalue weighted by Gasteiger charge is -2.17. The summed E-state index contributed by atoms with van der Waals surface area (Å²) in [7, 11) is 0. The van der Waals surface area contributed by atoms with E-state index >= 15 is 0 Å². The maximum atomic E-state index is 12.6. The van der Waals surface area contributed by atoms with Crippen LogP contribution in [0.1, 0.15) is 43.6 Å². The van der Waals surface area contributed by atoms with Crippen LogP contribution in [0.4, 0.5) is 4.79 Å². The summed E-state index contributed by atoms with van der Waals surface area (Å²) < 4.78 is 5.41. The second-order valence-corrected chi connectivity index (χ2v) is 9.28. The van der Waals surface area contributed by atoms with Gasteiger partial charge in [-0.25, -0.2) is 9.59 Å². The van der Waals surface area contributed by atoms with Crippen LogP contribution in [-0.4, -0.2) is 35.6 Å². The van der Waals surface area contributed by atoms with Crippen LogP contribution in [-0.2, 0) is 9.53 Å². The molecule has 32 heavy (non-hydrogen) atoms. The Morgan fingerprint density at radius 2 is 1.62 bits per heavy atom. The van der Waals surface area contributed by atoms with E-state index in [9.17, 15) is 19.5 Å². The number of benzene rings is 2. The molecular formula is C25H23NO5S. The molecule has 4 rings (SSSR count). The molecule has 7 heteroatoms. The third kappa shape index (κ3) is 4.29.